The van der Waals surface area contributed by atoms with Crippen LogP contribution in [0.15, 0.2) is 18.2 Å². The number of nitrogens with zero attached hydrogens (tertiary/aromatic N) is 3. The Morgan fingerprint density at radius 1 is 1.36 bits per heavy atom. The largest absolute Gasteiger partial charge is 0.384 e. The van der Waals surface area contributed by atoms with Crippen molar-refractivity contribution in [3.05, 3.63) is 40.3 Å². The lowest BCUT2D eigenvalue weighted by Crippen LogP contribution is -2.47. The Hall–Kier alpha value is -1.67. The van der Waals surface area contributed by atoms with E-state index < -0.39 is 0 Å². The first-order valence-corrected chi connectivity index (χ1v) is 9.50. The maximum absolute atomic E-state index is 12.8. The summed E-state index contributed by atoms with van der Waals surface area (Å²) in [6, 6.07) is 5.41. The molecule has 9 heteroatoms. The van der Waals surface area contributed by atoms with Crippen LogP contribution in [-0.4, -0.2) is 54.0 Å². The van der Waals surface area contributed by atoms with Crippen molar-refractivity contribution in [2.24, 2.45) is 5.41 Å². The molecular weight excluding hydrogens is 401 g/mol. The number of pyridine rings is 1. The number of ether oxygens (including phenoxy) is 1. The van der Waals surface area contributed by atoms with E-state index in [0.717, 1.165) is 37.3 Å². The van der Waals surface area contributed by atoms with Gasteiger partial charge in [-0.1, -0.05) is 11.6 Å². The van der Waals surface area contributed by atoms with Gasteiger partial charge in [-0.2, -0.15) is 5.10 Å². The van der Waals surface area contributed by atoms with E-state index in [1.165, 1.54) is 0 Å². The molecule has 1 saturated heterocycles. The fraction of sp³-hybridized carbons (Fsp3) is 0.526. The summed E-state index contributed by atoms with van der Waals surface area (Å²) >= 11 is 6.25. The Balaban J connectivity index is 0.00000280. The van der Waals surface area contributed by atoms with Crippen molar-refractivity contribution >= 4 is 29.9 Å². The van der Waals surface area contributed by atoms with Gasteiger partial charge in [0, 0.05) is 24.8 Å². The summed E-state index contributed by atoms with van der Waals surface area (Å²) in [6.45, 7) is 6.85. The number of aromatic nitrogens is 3. The molecule has 0 bridgehead atoms. The number of hydrogen-bond donors (Lipinski definition) is 2. The summed E-state index contributed by atoms with van der Waals surface area (Å²) in [5.41, 5.74) is 1.99. The van der Waals surface area contributed by atoms with Crippen LogP contribution in [-0.2, 0) is 4.74 Å². The van der Waals surface area contributed by atoms with Gasteiger partial charge in [0.05, 0.1) is 17.3 Å². The number of carbonyl (C=O) groups is 1. The molecule has 0 aromatic carbocycles. The predicted molar refractivity (Wildman–Crippen MR) is 112 cm³/mol. The van der Waals surface area contributed by atoms with Gasteiger partial charge in [0.25, 0.3) is 5.91 Å². The summed E-state index contributed by atoms with van der Waals surface area (Å²) in [5.74, 6) is 0.293. The third-order valence-corrected chi connectivity index (χ3v) is 5.32. The van der Waals surface area contributed by atoms with E-state index in [4.69, 9.17) is 16.3 Å². The highest BCUT2D eigenvalue weighted by Crippen LogP contribution is 2.28. The number of piperidine rings is 1. The topological polar surface area (TPSA) is 81.1 Å². The van der Waals surface area contributed by atoms with Crippen LogP contribution < -0.4 is 10.6 Å². The standard InChI is InChI=1S/C19H26ClN5O2.ClH/c1-13-10-14(2)25(24-13)16-5-4-15(20)17(23-16)18(26)22-11-19(12-27-3)6-8-21-9-7-19;/h4-5,10,21H,6-9,11-12H2,1-3H3,(H,22,26);1H. The Labute approximate surface area is 176 Å². The van der Waals surface area contributed by atoms with Crippen molar-refractivity contribution < 1.29 is 9.53 Å². The normalized spacial score (nSPS) is 15.7. The van der Waals surface area contributed by atoms with Gasteiger partial charge in [-0.25, -0.2) is 9.67 Å². The van der Waals surface area contributed by atoms with Crippen molar-refractivity contribution in [2.75, 3.05) is 33.4 Å². The second-order valence-electron chi connectivity index (χ2n) is 7.20. The molecule has 0 atom stereocenters. The molecule has 7 nitrogen and oxygen atoms in total. The van der Waals surface area contributed by atoms with Gasteiger partial charge in [-0.15, -0.1) is 12.4 Å². The predicted octanol–water partition coefficient (Wildman–Crippen LogP) is 2.71. The van der Waals surface area contributed by atoms with Gasteiger partial charge in [-0.05, 0) is 58.0 Å². The summed E-state index contributed by atoms with van der Waals surface area (Å²) in [4.78, 5) is 17.2. The molecule has 0 radical (unpaired) electrons. The van der Waals surface area contributed by atoms with Gasteiger partial charge < -0.3 is 15.4 Å². The van der Waals surface area contributed by atoms with Crippen molar-refractivity contribution in [1.82, 2.24) is 25.4 Å². The molecule has 2 aromatic rings. The lowest BCUT2D eigenvalue weighted by Gasteiger charge is -2.37. The zero-order valence-electron chi connectivity index (χ0n) is 16.4. The summed E-state index contributed by atoms with van der Waals surface area (Å²) in [7, 11) is 1.70. The maximum Gasteiger partial charge on any atom is 0.271 e. The van der Waals surface area contributed by atoms with Crippen molar-refractivity contribution in [1.29, 1.82) is 0 Å². The zero-order chi connectivity index (χ0) is 19.4. The summed E-state index contributed by atoms with van der Waals surface area (Å²) in [6.07, 6.45) is 1.90. The fourth-order valence-corrected chi connectivity index (χ4v) is 3.75. The minimum atomic E-state index is -0.280. The third kappa shape index (κ3) is 5.03. The van der Waals surface area contributed by atoms with Crippen molar-refractivity contribution in [3.63, 3.8) is 0 Å². The molecule has 1 aliphatic heterocycles. The molecular formula is C19H27Cl2N5O2. The van der Waals surface area contributed by atoms with E-state index in [0.29, 0.717) is 24.0 Å². The smallest absolute Gasteiger partial charge is 0.271 e. The second kappa shape index (κ2) is 9.69. The lowest BCUT2D eigenvalue weighted by molar-refractivity contribution is 0.0511. The fourth-order valence-electron chi connectivity index (χ4n) is 3.56. The number of amides is 1. The Bertz CT molecular complexity index is 813. The number of halogens is 2. The number of methoxy groups -OCH3 is 1. The second-order valence-corrected chi connectivity index (χ2v) is 7.61. The van der Waals surface area contributed by atoms with Crippen LogP contribution in [0, 0.1) is 19.3 Å². The summed E-state index contributed by atoms with van der Waals surface area (Å²) in [5, 5.41) is 11.1. The highest BCUT2D eigenvalue weighted by Gasteiger charge is 2.33. The Morgan fingerprint density at radius 3 is 2.68 bits per heavy atom. The highest BCUT2D eigenvalue weighted by molar-refractivity contribution is 6.33. The van der Waals surface area contributed by atoms with E-state index in [1.54, 1.807) is 23.9 Å². The minimum absolute atomic E-state index is 0. The van der Waals surface area contributed by atoms with Gasteiger partial charge in [0.2, 0.25) is 0 Å². The van der Waals surface area contributed by atoms with E-state index in [-0.39, 0.29) is 29.4 Å². The first-order valence-electron chi connectivity index (χ1n) is 9.12. The molecule has 3 rings (SSSR count). The van der Waals surface area contributed by atoms with Crippen LogP contribution in [0.2, 0.25) is 5.02 Å². The lowest BCUT2D eigenvalue weighted by atomic mass is 9.79. The molecule has 0 spiro atoms. The van der Waals surface area contributed by atoms with Crippen LogP contribution in [0.5, 0.6) is 0 Å². The SMILES string of the molecule is COCC1(CNC(=O)c2nc(-n3nc(C)cc3C)ccc2Cl)CCNCC1.Cl. The number of rotatable bonds is 6. The van der Waals surface area contributed by atoms with E-state index in [2.05, 4.69) is 20.7 Å². The first kappa shape index (κ1) is 22.6. The van der Waals surface area contributed by atoms with Gasteiger partial charge in [0.1, 0.15) is 5.69 Å². The van der Waals surface area contributed by atoms with Crippen LogP contribution in [0.1, 0.15) is 34.7 Å². The average Bonchev–Trinajstić information content (AvgIpc) is 2.99. The first-order chi connectivity index (χ1) is 12.9. The van der Waals surface area contributed by atoms with Crippen molar-refractivity contribution in [2.45, 2.75) is 26.7 Å². The average molecular weight is 428 g/mol. The number of nitrogens with one attached hydrogen (secondary N) is 2. The quantitative estimate of drug-likeness (QED) is 0.740. The monoisotopic (exact) mass is 427 g/mol. The number of carbonyl (C=O) groups excluding carboxylic acids is 1. The van der Waals surface area contributed by atoms with Crippen LogP contribution >= 0.6 is 24.0 Å². The summed E-state index contributed by atoms with van der Waals surface area (Å²) < 4.78 is 7.12. The molecule has 1 amide bonds. The van der Waals surface area contributed by atoms with Gasteiger partial charge in [-0.3, -0.25) is 4.79 Å². The molecule has 2 aromatic heterocycles. The van der Waals surface area contributed by atoms with E-state index in [1.807, 2.05) is 19.9 Å². The maximum atomic E-state index is 12.8. The molecule has 1 fully saturated rings. The Morgan fingerprint density at radius 2 is 2.07 bits per heavy atom. The molecule has 154 valence electrons. The number of hydrogen-bond acceptors (Lipinski definition) is 5. The van der Waals surface area contributed by atoms with Crippen molar-refractivity contribution in [3.8, 4) is 5.82 Å². The Kier molecular flexibility index (Phi) is 7.83. The van der Waals surface area contributed by atoms with E-state index in [9.17, 15) is 4.79 Å². The van der Waals surface area contributed by atoms with Gasteiger partial charge >= 0.3 is 0 Å². The molecule has 0 saturated carbocycles. The van der Waals surface area contributed by atoms with Gasteiger partial charge in [0.15, 0.2) is 5.82 Å². The van der Waals surface area contributed by atoms with E-state index >= 15 is 0 Å². The molecule has 3 heterocycles. The molecule has 0 unspecified atom stereocenters. The van der Waals surface area contributed by atoms with Crippen LogP contribution in [0.3, 0.4) is 0 Å². The van der Waals surface area contributed by atoms with Crippen LogP contribution in [0.4, 0.5) is 0 Å². The molecule has 0 aliphatic carbocycles. The molecule has 2 N–H and O–H groups in total. The number of aryl methyl sites for hydroxylation is 2. The third-order valence-electron chi connectivity index (χ3n) is 5.01. The molecule has 28 heavy (non-hydrogen) atoms. The minimum Gasteiger partial charge on any atom is -0.384 e. The molecule has 1 aliphatic rings. The highest BCUT2D eigenvalue weighted by atomic mass is 35.5. The van der Waals surface area contributed by atoms with Crippen LogP contribution in [0.25, 0.3) is 5.82 Å². The zero-order valence-corrected chi connectivity index (χ0v) is 18.0.